The van der Waals surface area contributed by atoms with Crippen molar-refractivity contribution in [1.29, 1.82) is 0 Å². The van der Waals surface area contributed by atoms with Crippen molar-refractivity contribution >= 4 is 28.9 Å². The van der Waals surface area contributed by atoms with Crippen LogP contribution < -0.4 is 4.90 Å². The molecule has 0 radical (unpaired) electrons. The lowest BCUT2D eigenvalue weighted by molar-refractivity contribution is -0.124. The smallest absolute Gasteiger partial charge is 0.348 e. The van der Waals surface area contributed by atoms with Gasteiger partial charge in [0.25, 0.3) is 0 Å². The summed E-state index contributed by atoms with van der Waals surface area (Å²) in [6.45, 7) is 12.0. The van der Waals surface area contributed by atoms with Gasteiger partial charge in [-0.25, -0.2) is 4.79 Å². The summed E-state index contributed by atoms with van der Waals surface area (Å²) in [5, 5.41) is 10.1. The van der Waals surface area contributed by atoms with E-state index in [-0.39, 0.29) is 46.3 Å². The van der Waals surface area contributed by atoms with Gasteiger partial charge in [-0.2, -0.15) is 0 Å². The van der Waals surface area contributed by atoms with Crippen molar-refractivity contribution in [2.24, 2.45) is 11.8 Å². The summed E-state index contributed by atoms with van der Waals surface area (Å²) in [5.74, 6) is -0.756. The average Bonchev–Trinajstić information content (AvgIpc) is 3.45. The van der Waals surface area contributed by atoms with Crippen molar-refractivity contribution in [3.8, 4) is 0 Å². The Morgan fingerprint density at radius 3 is 2.43 bits per heavy atom. The highest BCUT2D eigenvalue weighted by atomic mass is 32.1. The number of thiophene rings is 1. The van der Waals surface area contributed by atoms with E-state index in [0.29, 0.717) is 12.3 Å². The molecule has 0 spiro atoms. The Kier molecular flexibility index (Phi) is 8.08. The Hall–Kier alpha value is -1.70. The lowest BCUT2D eigenvalue weighted by atomic mass is 9.79. The Morgan fingerprint density at radius 1 is 1.14 bits per heavy atom. The highest BCUT2D eigenvalue weighted by molar-refractivity contribution is 7.14. The molecule has 3 atom stereocenters. The summed E-state index contributed by atoms with van der Waals surface area (Å²) in [7, 11) is 0. The van der Waals surface area contributed by atoms with Crippen LogP contribution >= 0.6 is 11.3 Å². The Bertz CT molecular complexity index is 947. The van der Waals surface area contributed by atoms with Crippen LogP contribution in [0.3, 0.4) is 0 Å². The molecule has 0 aromatic carbocycles. The van der Waals surface area contributed by atoms with Gasteiger partial charge in [-0.05, 0) is 69.3 Å². The molecular formula is C28H41NO5S. The number of rotatable bonds is 6. The maximum atomic E-state index is 14.2. The first-order chi connectivity index (χ1) is 16.5. The molecule has 1 aromatic heterocycles. The highest BCUT2D eigenvalue weighted by Crippen LogP contribution is 2.42. The molecule has 1 saturated carbocycles. The Labute approximate surface area is 213 Å². The van der Waals surface area contributed by atoms with Crippen molar-refractivity contribution in [3.05, 3.63) is 27.5 Å². The average molecular weight is 504 g/mol. The predicted octanol–water partition coefficient (Wildman–Crippen LogP) is 6.19. The zero-order valence-electron chi connectivity index (χ0n) is 21.8. The second-order valence-electron chi connectivity index (χ2n) is 11.7. The second-order valence-corrected chi connectivity index (χ2v) is 12.8. The van der Waals surface area contributed by atoms with Crippen molar-refractivity contribution in [1.82, 2.24) is 0 Å². The van der Waals surface area contributed by atoms with Gasteiger partial charge in [-0.1, -0.05) is 39.3 Å². The molecule has 7 heteroatoms. The number of nitrogens with zero attached hydrogens (tertiary/aromatic N) is 1. The number of aromatic carboxylic acids is 1. The first-order valence-corrected chi connectivity index (χ1v) is 14.0. The fourth-order valence-electron chi connectivity index (χ4n) is 5.73. The van der Waals surface area contributed by atoms with Gasteiger partial charge in [0.05, 0.1) is 24.5 Å². The number of carboxylic acids is 1. The van der Waals surface area contributed by atoms with Gasteiger partial charge in [0.1, 0.15) is 4.88 Å². The number of anilines is 1. The summed E-state index contributed by atoms with van der Waals surface area (Å²) in [5.41, 5.74) is 1.73. The molecule has 0 bridgehead atoms. The Morgan fingerprint density at radius 2 is 1.86 bits per heavy atom. The molecule has 35 heavy (non-hydrogen) atoms. The summed E-state index contributed by atoms with van der Waals surface area (Å²) in [4.78, 5) is 29.7. The van der Waals surface area contributed by atoms with Gasteiger partial charge in [0.15, 0.2) is 0 Å². The maximum absolute atomic E-state index is 14.2. The van der Waals surface area contributed by atoms with Crippen LogP contribution in [-0.2, 0) is 19.7 Å². The lowest BCUT2D eigenvalue weighted by Gasteiger charge is -2.40. The van der Waals surface area contributed by atoms with Gasteiger partial charge in [0.2, 0.25) is 5.91 Å². The third kappa shape index (κ3) is 6.00. The van der Waals surface area contributed by atoms with Gasteiger partial charge >= 0.3 is 5.97 Å². The summed E-state index contributed by atoms with van der Waals surface area (Å²) in [6.07, 6.45) is 8.52. The van der Waals surface area contributed by atoms with Crippen LogP contribution in [0.2, 0.25) is 0 Å². The van der Waals surface area contributed by atoms with Crippen LogP contribution in [0.5, 0.6) is 0 Å². The zero-order chi connectivity index (χ0) is 25.3. The number of hydrogen-bond donors (Lipinski definition) is 1. The van der Waals surface area contributed by atoms with Crippen molar-refractivity contribution in [2.45, 2.75) is 103 Å². The summed E-state index contributed by atoms with van der Waals surface area (Å²) < 4.78 is 11.7. The predicted molar refractivity (Wildman–Crippen MR) is 139 cm³/mol. The maximum Gasteiger partial charge on any atom is 0.348 e. The molecule has 3 aliphatic rings. The molecule has 1 saturated heterocycles. The minimum atomic E-state index is -0.955. The fourth-order valence-corrected chi connectivity index (χ4v) is 6.77. The van der Waals surface area contributed by atoms with E-state index in [9.17, 15) is 14.7 Å². The van der Waals surface area contributed by atoms with Crippen molar-refractivity contribution in [2.75, 3.05) is 18.1 Å². The standard InChI is InChI=1S/C28H41NO5S/c1-17-6-11-22(18(2)14-17)26(30)29(23-15-24(28(3,4)5)35-25(23)27(31)32)19-7-9-20(10-8-19)34-21-12-13-33-16-21/h6,15,18-22H,7-14,16H2,1-5H3,(H,31,32)/t18-,19?,20?,21+,22-/m1/s1. The van der Waals surface area contributed by atoms with E-state index >= 15 is 0 Å². The van der Waals surface area contributed by atoms with E-state index in [1.807, 2.05) is 11.0 Å². The number of carbonyl (C=O) groups is 2. The molecule has 1 amide bonds. The molecule has 1 N–H and O–H groups in total. The number of allylic oxidation sites excluding steroid dienone is 2. The van der Waals surface area contributed by atoms with Gasteiger partial charge in [-0.3, -0.25) is 4.79 Å². The molecular weight excluding hydrogens is 462 g/mol. The number of hydrogen-bond acceptors (Lipinski definition) is 5. The normalized spacial score (nSPS) is 29.6. The van der Waals surface area contributed by atoms with Crippen LogP contribution in [0.15, 0.2) is 17.7 Å². The van der Waals surface area contributed by atoms with E-state index in [0.717, 1.165) is 56.4 Å². The van der Waals surface area contributed by atoms with E-state index in [1.165, 1.54) is 16.9 Å². The number of amides is 1. The van der Waals surface area contributed by atoms with E-state index in [2.05, 4.69) is 40.7 Å². The molecule has 2 fully saturated rings. The summed E-state index contributed by atoms with van der Waals surface area (Å²) in [6, 6.07) is 1.96. The molecule has 6 nitrogen and oxygen atoms in total. The second kappa shape index (κ2) is 10.7. The van der Waals surface area contributed by atoms with E-state index in [4.69, 9.17) is 9.47 Å². The van der Waals surface area contributed by atoms with Crippen LogP contribution in [0.25, 0.3) is 0 Å². The molecule has 2 heterocycles. The first kappa shape index (κ1) is 26.4. The van der Waals surface area contributed by atoms with E-state index in [1.54, 1.807) is 0 Å². The lowest BCUT2D eigenvalue weighted by Crippen LogP contribution is -2.48. The largest absolute Gasteiger partial charge is 0.477 e. The van der Waals surface area contributed by atoms with Crippen molar-refractivity contribution < 1.29 is 24.2 Å². The molecule has 1 aliphatic heterocycles. The molecule has 2 aliphatic carbocycles. The van der Waals surface area contributed by atoms with Crippen LogP contribution in [0, 0.1) is 11.8 Å². The van der Waals surface area contributed by atoms with Gasteiger partial charge in [0, 0.05) is 23.4 Å². The summed E-state index contributed by atoms with van der Waals surface area (Å²) >= 11 is 1.31. The minimum Gasteiger partial charge on any atom is -0.477 e. The van der Waals surface area contributed by atoms with E-state index < -0.39 is 5.97 Å². The van der Waals surface area contributed by atoms with Crippen molar-refractivity contribution in [3.63, 3.8) is 0 Å². The SMILES string of the molecule is CC1=CC[C@@H](C(=O)N(c2cc(C(C)(C)C)sc2C(=O)O)C2CCC(O[C@H]3CCOC3)CC2)[C@H](C)C1. The fraction of sp³-hybridized carbons (Fsp3) is 0.714. The molecule has 194 valence electrons. The van der Waals surface area contributed by atoms with Crippen LogP contribution in [-0.4, -0.2) is 48.4 Å². The highest BCUT2D eigenvalue weighted by Gasteiger charge is 2.39. The zero-order valence-corrected chi connectivity index (χ0v) is 22.7. The van der Waals surface area contributed by atoms with Crippen LogP contribution in [0.4, 0.5) is 5.69 Å². The number of ether oxygens (including phenoxy) is 2. The topological polar surface area (TPSA) is 76.1 Å². The monoisotopic (exact) mass is 503 g/mol. The molecule has 1 aromatic rings. The van der Waals surface area contributed by atoms with Crippen LogP contribution in [0.1, 0.15) is 94.1 Å². The molecule has 0 unspecified atom stereocenters. The minimum absolute atomic E-state index is 0.0121. The first-order valence-electron chi connectivity index (χ1n) is 13.1. The molecule has 4 rings (SSSR count). The van der Waals surface area contributed by atoms with Gasteiger partial charge < -0.3 is 19.5 Å². The number of carbonyl (C=O) groups excluding carboxylic acids is 1. The van der Waals surface area contributed by atoms with Gasteiger partial charge in [-0.15, -0.1) is 11.3 Å². The Balaban J connectivity index is 1.63. The third-order valence-corrected chi connectivity index (χ3v) is 9.33. The third-order valence-electron chi connectivity index (χ3n) is 7.79. The quantitative estimate of drug-likeness (QED) is 0.469. The number of carboxylic acid groups (broad SMARTS) is 1.